The van der Waals surface area contributed by atoms with E-state index in [4.69, 9.17) is 5.21 Å². The highest BCUT2D eigenvalue weighted by Crippen LogP contribution is 2.26. The maximum atomic E-state index is 13.0. The lowest BCUT2D eigenvalue weighted by atomic mass is 10.1. The van der Waals surface area contributed by atoms with E-state index in [-0.39, 0.29) is 17.4 Å². The van der Waals surface area contributed by atoms with Crippen molar-refractivity contribution in [3.8, 4) is 0 Å². The molecule has 0 aliphatic carbocycles. The molecule has 2 aromatic rings. The van der Waals surface area contributed by atoms with Crippen molar-refractivity contribution >= 4 is 27.1 Å². The molecule has 0 aliphatic heterocycles. The average molecular weight is 400 g/mol. The van der Waals surface area contributed by atoms with Crippen LogP contribution in [0.15, 0.2) is 45.8 Å². The zero-order chi connectivity index (χ0) is 19.5. The molecular formula is C17H21FN2O4S2. The summed E-state index contributed by atoms with van der Waals surface area (Å²) >= 11 is 1.17. The Morgan fingerprint density at radius 2 is 1.92 bits per heavy atom. The first-order valence-electron chi connectivity index (χ1n) is 7.87. The van der Waals surface area contributed by atoms with Crippen LogP contribution in [-0.2, 0) is 10.0 Å². The maximum Gasteiger partial charge on any atom is 0.243 e. The normalized spacial score (nSPS) is 14.2. The van der Waals surface area contributed by atoms with Gasteiger partial charge in [-0.2, -0.15) is 4.31 Å². The molecule has 0 saturated carbocycles. The van der Waals surface area contributed by atoms with Crippen LogP contribution < -0.4 is 0 Å². The van der Waals surface area contributed by atoms with Gasteiger partial charge in [-0.1, -0.05) is 31.1 Å². The summed E-state index contributed by atoms with van der Waals surface area (Å²) in [6, 6.07) is 6.70. The van der Waals surface area contributed by atoms with Crippen LogP contribution in [0.4, 0.5) is 4.39 Å². The number of nitrogens with zero attached hydrogens (tertiary/aromatic N) is 2. The molecule has 1 aromatic carbocycles. The molecule has 0 amide bonds. The summed E-state index contributed by atoms with van der Waals surface area (Å²) in [5, 5.41) is 24.0. The number of halogens is 1. The quantitative estimate of drug-likeness (QED) is 0.425. The molecule has 0 bridgehead atoms. The van der Waals surface area contributed by atoms with Gasteiger partial charge in [-0.3, -0.25) is 0 Å². The van der Waals surface area contributed by atoms with Crippen molar-refractivity contribution in [2.75, 3.05) is 13.6 Å². The van der Waals surface area contributed by atoms with Gasteiger partial charge in [-0.25, -0.2) is 12.8 Å². The van der Waals surface area contributed by atoms with Gasteiger partial charge in [0, 0.05) is 24.9 Å². The summed E-state index contributed by atoms with van der Waals surface area (Å²) in [6.07, 6.45) is -1.08. The van der Waals surface area contributed by atoms with E-state index in [1.54, 1.807) is 0 Å². The van der Waals surface area contributed by atoms with Gasteiger partial charge < -0.3 is 10.3 Å². The molecule has 0 aliphatic rings. The van der Waals surface area contributed by atoms with Crippen LogP contribution in [0.5, 0.6) is 0 Å². The second-order valence-electron chi connectivity index (χ2n) is 6.14. The Hall–Kier alpha value is -1.81. The number of rotatable bonds is 7. The third-order valence-electron chi connectivity index (χ3n) is 3.88. The molecule has 1 aromatic heterocycles. The minimum Gasteiger partial charge on any atom is -0.411 e. The van der Waals surface area contributed by atoms with E-state index in [0.29, 0.717) is 16.2 Å². The molecule has 1 heterocycles. The van der Waals surface area contributed by atoms with Crippen molar-refractivity contribution in [3.63, 3.8) is 0 Å². The van der Waals surface area contributed by atoms with Crippen molar-refractivity contribution in [1.82, 2.24) is 4.31 Å². The highest BCUT2D eigenvalue weighted by atomic mass is 32.2. The number of benzene rings is 1. The Morgan fingerprint density at radius 1 is 1.31 bits per heavy atom. The van der Waals surface area contributed by atoms with Gasteiger partial charge in [0.2, 0.25) is 10.0 Å². The summed E-state index contributed by atoms with van der Waals surface area (Å²) in [4.78, 5) is 0.627. The monoisotopic (exact) mass is 400 g/mol. The van der Waals surface area contributed by atoms with Crippen LogP contribution >= 0.6 is 11.3 Å². The number of oxime groups is 1. The van der Waals surface area contributed by atoms with Crippen LogP contribution in [0.25, 0.3) is 0 Å². The molecule has 0 radical (unpaired) electrons. The first-order chi connectivity index (χ1) is 12.2. The first kappa shape index (κ1) is 20.5. The highest BCUT2D eigenvalue weighted by molar-refractivity contribution is 7.89. The summed E-state index contributed by atoms with van der Waals surface area (Å²) < 4.78 is 39.4. The molecule has 2 rings (SSSR count). The van der Waals surface area contributed by atoms with Gasteiger partial charge in [0.25, 0.3) is 0 Å². The van der Waals surface area contributed by atoms with Crippen molar-refractivity contribution in [2.24, 2.45) is 11.1 Å². The molecule has 6 nitrogen and oxygen atoms in total. The SMILES string of the molecule is CC(C)C(=NO)c1cc(S(=O)(=O)N(C)CC(O)c2ccc(F)cc2)cs1. The fraction of sp³-hybridized carbons (Fsp3) is 0.353. The Balaban J connectivity index is 2.19. The lowest BCUT2D eigenvalue weighted by molar-refractivity contribution is 0.155. The van der Waals surface area contributed by atoms with Gasteiger partial charge in [-0.15, -0.1) is 11.3 Å². The van der Waals surface area contributed by atoms with E-state index in [1.807, 2.05) is 13.8 Å². The van der Waals surface area contributed by atoms with E-state index in [9.17, 15) is 17.9 Å². The van der Waals surface area contributed by atoms with Gasteiger partial charge in [0.1, 0.15) is 5.82 Å². The van der Waals surface area contributed by atoms with Gasteiger partial charge >= 0.3 is 0 Å². The largest absolute Gasteiger partial charge is 0.411 e. The third-order valence-corrected chi connectivity index (χ3v) is 6.78. The number of aliphatic hydroxyl groups is 1. The fourth-order valence-corrected chi connectivity index (χ4v) is 4.92. The Bertz CT molecular complexity index is 876. The molecule has 26 heavy (non-hydrogen) atoms. The second kappa shape index (κ2) is 8.26. The maximum absolute atomic E-state index is 13.0. The topological polar surface area (TPSA) is 90.2 Å². The molecule has 0 spiro atoms. The molecule has 0 saturated heterocycles. The van der Waals surface area contributed by atoms with Crippen molar-refractivity contribution < 1.29 is 23.1 Å². The Labute approximate surface area is 156 Å². The number of thiophene rings is 1. The minimum atomic E-state index is -3.82. The van der Waals surface area contributed by atoms with Crippen molar-refractivity contribution in [2.45, 2.75) is 24.8 Å². The molecule has 0 fully saturated rings. The molecule has 9 heteroatoms. The van der Waals surface area contributed by atoms with Crippen LogP contribution in [-0.4, -0.2) is 42.3 Å². The van der Waals surface area contributed by atoms with E-state index in [0.717, 1.165) is 4.31 Å². The van der Waals surface area contributed by atoms with E-state index >= 15 is 0 Å². The smallest absolute Gasteiger partial charge is 0.243 e. The van der Waals surface area contributed by atoms with Crippen LogP contribution in [0.3, 0.4) is 0 Å². The molecule has 142 valence electrons. The van der Waals surface area contributed by atoms with Gasteiger partial charge in [0.05, 0.1) is 21.6 Å². The van der Waals surface area contributed by atoms with Gasteiger partial charge in [0.15, 0.2) is 0 Å². The fourth-order valence-electron chi connectivity index (χ4n) is 2.35. The molecule has 2 N–H and O–H groups in total. The van der Waals surface area contributed by atoms with E-state index < -0.39 is 21.9 Å². The second-order valence-corrected chi connectivity index (χ2v) is 9.10. The molecular weight excluding hydrogens is 379 g/mol. The summed E-state index contributed by atoms with van der Waals surface area (Å²) in [5.41, 5.74) is 0.833. The summed E-state index contributed by atoms with van der Waals surface area (Å²) in [5.74, 6) is -0.494. The highest BCUT2D eigenvalue weighted by Gasteiger charge is 2.26. The first-order valence-corrected chi connectivity index (χ1v) is 10.2. The summed E-state index contributed by atoms with van der Waals surface area (Å²) in [6.45, 7) is 3.51. The van der Waals surface area contributed by atoms with Crippen LogP contribution in [0, 0.1) is 11.7 Å². The lowest BCUT2D eigenvalue weighted by Gasteiger charge is -2.20. The predicted octanol–water partition coefficient (Wildman–Crippen LogP) is 3.08. The van der Waals surface area contributed by atoms with Gasteiger partial charge in [-0.05, 0) is 23.8 Å². The minimum absolute atomic E-state index is 0.0627. The average Bonchev–Trinajstić information content (AvgIpc) is 3.06. The number of aliphatic hydroxyl groups excluding tert-OH is 1. The zero-order valence-electron chi connectivity index (χ0n) is 14.6. The lowest BCUT2D eigenvalue weighted by Crippen LogP contribution is -2.31. The Morgan fingerprint density at radius 3 is 2.46 bits per heavy atom. The molecule has 1 atom stereocenters. The van der Waals surface area contributed by atoms with Crippen molar-refractivity contribution in [3.05, 3.63) is 52.0 Å². The third kappa shape index (κ3) is 4.47. The van der Waals surface area contributed by atoms with Crippen LogP contribution in [0.2, 0.25) is 0 Å². The zero-order valence-corrected chi connectivity index (χ0v) is 16.3. The standard InChI is InChI=1S/C17H21FN2O4S2/c1-11(2)17(19-22)16-8-14(10-25-16)26(23,24)20(3)9-15(21)12-4-6-13(18)7-5-12/h4-8,10-11,15,21-22H,9H2,1-3H3. The number of sulfonamides is 1. The Kier molecular flexibility index (Phi) is 6.51. The number of hydrogen-bond donors (Lipinski definition) is 2. The van der Waals surface area contributed by atoms with E-state index in [1.165, 1.54) is 54.1 Å². The molecule has 1 unspecified atom stereocenters. The van der Waals surface area contributed by atoms with Crippen molar-refractivity contribution in [1.29, 1.82) is 0 Å². The van der Waals surface area contributed by atoms with Crippen LogP contribution in [0.1, 0.15) is 30.4 Å². The summed E-state index contributed by atoms with van der Waals surface area (Å²) in [7, 11) is -2.46. The number of hydrogen-bond acceptors (Lipinski definition) is 6. The predicted molar refractivity (Wildman–Crippen MR) is 98.7 cm³/mol. The number of likely N-dealkylation sites (N-methyl/N-ethyl adjacent to an activating group) is 1. The van der Waals surface area contributed by atoms with E-state index in [2.05, 4.69) is 5.16 Å².